The van der Waals surface area contributed by atoms with Crippen LogP contribution in [-0.4, -0.2) is 16.3 Å². The van der Waals surface area contributed by atoms with Gasteiger partial charge in [0.05, 0.1) is 5.69 Å². The summed E-state index contributed by atoms with van der Waals surface area (Å²) in [6.07, 6.45) is 1.44. The molecule has 0 aliphatic heterocycles. The first-order valence-electron chi connectivity index (χ1n) is 5.52. The van der Waals surface area contributed by atoms with Gasteiger partial charge in [-0.15, -0.1) is 0 Å². The van der Waals surface area contributed by atoms with Gasteiger partial charge in [-0.25, -0.2) is 17.9 Å². The Kier molecular flexibility index (Phi) is 3.66. The monoisotopic (exact) mass is 255 g/mol. The molecule has 0 saturated heterocycles. The third-order valence-corrected chi connectivity index (χ3v) is 2.41. The third kappa shape index (κ3) is 2.53. The molecular weight excluding hydrogens is 243 g/mol. The molecule has 1 N–H and O–H groups in total. The number of aromatic nitrogens is 2. The summed E-state index contributed by atoms with van der Waals surface area (Å²) in [5.41, 5.74) is 0.277. The fraction of sp³-hybridized carbons (Fsp3) is 0.250. The maximum Gasteiger partial charge on any atom is 0.154 e. The van der Waals surface area contributed by atoms with Crippen LogP contribution in [0.5, 0.6) is 0 Å². The average molecular weight is 255 g/mol. The molecule has 6 heteroatoms. The zero-order valence-electron chi connectivity index (χ0n) is 9.75. The number of halogens is 3. The lowest BCUT2D eigenvalue weighted by Crippen LogP contribution is -2.12. The van der Waals surface area contributed by atoms with E-state index in [0.29, 0.717) is 24.4 Å². The lowest BCUT2D eigenvalue weighted by molar-refractivity contribution is 0.527. The molecule has 1 heterocycles. The van der Waals surface area contributed by atoms with Gasteiger partial charge in [-0.3, -0.25) is 0 Å². The summed E-state index contributed by atoms with van der Waals surface area (Å²) in [5, 5.41) is 7.07. The molecule has 18 heavy (non-hydrogen) atoms. The molecule has 0 amide bonds. The van der Waals surface area contributed by atoms with Crippen LogP contribution in [0.3, 0.4) is 0 Å². The SMILES string of the molecule is CCNCc1ccn(-c2c(F)cc(F)cc2F)n1. The predicted molar refractivity (Wildman–Crippen MR) is 60.8 cm³/mol. The first-order chi connectivity index (χ1) is 8.61. The fourth-order valence-corrected chi connectivity index (χ4v) is 1.59. The molecule has 0 unspecified atom stereocenters. The second kappa shape index (κ2) is 5.22. The number of nitrogens with one attached hydrogen (secondary N) is 1. The molecule has 0 fully saturated rings. The fourth-order valence-electron chi connectivity index (χ4n) is 1.59. The molecule has 2 rings (SSSR count). The van der Waals surface area contributed by atoms with Crippen LogP contribution in [0.25, 0.3) is 5.69 Å². The van der Waals surface area contributed by atoms with E-state index in [4.69, 9.17) is 0 Å². The van der Waals surface area contributed by atoms with Gasteiger partial charge in [0.15, 0.2) is 11.6 Å². The van der Waals surface area contributed by atoms with Crippen molar-refractivity contribution in [1.82, 2.24) is 15.1 Å². The van der Waals surface area contributed by atoms with Gasteiger partial charge in [-0.05, 0) is 12.6 Å². The van der Waals surface area contributed by atoms with E-state index in [2.05, 4.69) is 10.4 Å². The highest BCUT2D eigenvalue weighted by atomic mass is 19.1. The minimum Gasteiger partial charge on any atom is -0.311 e. The lowest BCUT2D eigenvalue weighted by atomic mass is 10.3. The first kappa shape index (κ1) is 12.6. The minimum absolute atomic E-state index is 0.376. The van der Waals surface area contributed by atoms with Gasteiger partial charge in [0.2, 0.25) is 0 Å². The highest BCUT2D eigenvalue weighted by Gasteiger charge is 2.14. The maximum absolute atomic E-state index is 13.5. The number of nitrogens with zero attached hydrogens (tertiary/aromatic N) is 2. The molecule has 0 saturated carbocycles. The molecule has 1 aromatic carbocycles. The maximum atomic E-state index is 13.5. The van der Waals surface area contributed by atoms with Gasteiger partial charge in [-0.2, -0.15) is 5.10 Å². The lowest BCUT2D eigenvalue weighted by Gasteiger charge is -2.05. The molecule has 0 bridgehead atoms. The van der Waals surface area contributed by atoms with Crippen molar-refractivity contribution in [2.24, 2.45) is 0 Å². The molecule has 1 aromatic heterocycles. The number of hydrogen-bond acceptors (Lipinski definition) is 2. The van der Waals surface area contributed by atoms with Gasteiger partial charge in [0, 0.05) is 24.9 Å². The van der Waals surface area contributed by atoms with E-state index in [1.54, 1.807) is 6.07 Å². The topological polar surface area (TPSA) is 29.9 Å². The highest BCUT2D eigenvalue weighted by Crippen LogP contribution is 2.18. The van der Waals surface area contributed by atoms with Gasteiger partial charge >= 0.3 is 0 Å². The normalized spacial score (nSPS) is 10.9. The molecule has 96 valence electrons. The summed E-state index contributed by atoms with van der Waals surface area (Å²) >= 11 is 0. The number of hydrogen-bond donors (Lipinski definition) is 1. The Morgan fingerprint density at radius 3 is 2.50 bits per heavy atom. The van der Waals surface area contributed by atoms with E-state index < -0.39 is 17.5 Å². The van der Waals surface area contributed by atoms with Crippen molar-refractivity contribution in [3.63, 3.8) is 0 Å². The summed E-state index contributed by atoms with van der Waals surface area (Å²) in [4.78, 5) is 0. The molecule has 2 aromatic rings. The van der Waals surface area contributed by atoms with Crippen LogP contribution in [0.1, 0.15) is 12.6 Å². The Hall–Kier alpha value is -1.82. The van der Waals surface area contributed by atoms with Crippen LogP contribution in [0, 0.1) is 17.5 Å². The minimum atomic E-state index is -0.981. The zero-order chi connectivity index (χ0) is 13.1. The number of rotatable bonds is 4. The van der Waals surface area contributed by atoms with Crippen LogP contribution in [0.4, 0.5) is 13.2 Å². The van der Waals surface area contributed by atoms with Crippen LogP contribution in [0.15, 0.2) is 24.4 Å². The molecule has 0 spiro atoms. The Morgan fingerprint density at radius 1 is 1.22 bits per heavy atom. The van der Waals surface area contributed by atoms with Crippen molar-refractivity contribution in [2.45, 2.75) is 13.5 Å². The van der Waals surface area contributed by atoms with E-state index in [1.165, 1.54) is 6.20 Å². The van der Waals surface area contributed by atoms with E-state index in [1.807, 2.05) is 6.92 Å². The van der Waals surface area contributed by atoms with Crippen molar-refractivity contribution < 1.29 is 13.2 Å². The molecule has 3 nitrogen and oxygen atoms in total. The standard InChI is InChI=1S/C12H12F3N3/c1-2-16-7-9-3-4-18(17-9)12-10(14)5-8(13)6-11(12)15/h3-6,16H,2,7H2,1H3. The highest BCUT2D eigenvalue weighted by molar-refractivity contribution is 5.35. The van der Waals surface area contributed by atoms with Crippen LogP contribution in [0.2, 0.25) is 0 Å². The summed E-state index contributed by atoms with van der Waals surface area (Å²) in [6, 6.07) is 2.90. The second-order valence-corrected chi connectivity index (χ2v) is 3.75. The van der Waals surface area contributed by atoms with Crippen molar-refractivity contribution in [2.75, 3.05) is 6.54 Å². The Labute approximate surface area is 102 Å². The molecule has 0 radical (unpaired) electrons. The summed E-state index contributed by atoms with van der Waals surface area (Å²) in [5.74, 6) is -2.91. The van der Waals surface area contributed by atoms with E-state index in [0.717, 1.165) is 11.2 Å². The third-order valence-electron chi connectivity index (χ3n) is 2.41. The first-order valence-corrected chi connectivity index (χ1v) is 5.52. The van der Waals surface area contributed by atoms with Crippen LogP contribution < -0.4 is 5.32 Å². The quantitative estimate of drug-likeness (QED) is 0.909. The second-order valence-electron chi connectivity index (χ2n) is 3.75. The molecular formula is C12H12F3N3. The van der Waals surface area contributed by atoms with E-state index in [-0.39, 0.29) is 5.69 Å². The summed E-state index contributed by atoms with van der Waals surface area (Å²) in [7, 11) is 0. The smallest absolute Gasteiger partial charge is 0.154 e. The van der Waals surface area contributed by atoms with Gasteiger partial charge in [0.25, 0.3) is 0 Å². The number of benzene rings is 1. The van der Waals surface area contributed by atoms with Crippen molar-refractivity contribution in [3.8, 4) is 5.69 Å². The summed E-state index contributed by atoms with van der Waals surface area (Å²) < 4.78 is 40.8. The molecule has 0 aliphatic rings. The molecule has 0 aliphatic carbocycles. The summed E-state index contributed by atoms with van der Waals surface area (Å²) in [6.45, 7) is 3.22. The van der Waals surface area contributed by atoms with E-state index in [9.17, 15) is 13.2 Å². The van der Waals surface area contributed by atoms with Crippen molar-refractivity contribution in [1.29, 1.82) is 0 Å². The Morgan fingerprint density at radius 2 is 1.89 bits per heavy atom. The Bertz CT molecular complexity index is 528. The average Bonchev–Trinajstić information content (AvgIpc) is 2.73. The van der Waals surface area contributed by atoms with Gasteiger partial charge < -0.3 is 5.32 Å². The van der Waals surface area contributed by atoms with Crippen molar-refractivity contribution in [3.05, 3.63) is 47.5 Å². The molecule has 0 atom stereocenters. The zero-order valence-corrected chi connectivity index (χ0v) is 9.75. The van der Waals surface area contributed by atoms with Crippen LogP contribution >= 0.6 is 0 Å². The van der Waals surface area contributed by atoms with Crippen LogP contribution in [-0.2, 0) is 6.54 Å². The van der Waals surface area contributed by atoms with E-state index >= 15 is 0 Å². The largest absolute Gasteiger partial charge is 0.311 e. The van der Waals surface area contributed by atoms with Gasteiger partial charge in [0.1, 0.15) is 11.5 Å². The predicted octanol–water partition coefficient (Wildman–Crippen LogP) is 2.40. The Balaban J connectivity index is 2.34. The van der Waals surface area contributed by atoms with Crippen molar-refractivity contribution >= 4 is 0 Å². The van der Waals surface area contributed by atoms with Gasteiger partial charge in [-0.1, -0.05) is 6.92 Å².